The maximum Gasteiger partial charge on any atom is 0.305 e. The quantitative estimate of drug-likeness (QED) is 0.0296. The first-order chi connectivity index (χ1) is 24.3. The minimum absolute atomic E-state index is 0.143. The van der Waals surface area contributed by atoms with Crippen LogP contribution in [0.5, 0.6) is 0 Å². The molecule has 0 aliphatic rings. The first kappa shape index (κ1) is 47.6. The molecule has 0 aromatic rings. The van der Waals surface area contributed by atoms with Crippen LogP contribution in [-0.2, 0) is 19.1 Å². The molecule has 50 heavy (non-hydrogen) atoms. The molecule has 0 aliphatic heterocycles. The number of allylic oxidation sites excluding steroid dienone is 9. The predicted octanol–water partition coefficient (Wildman–Crippen LogP) is 11.6. The lowest BCUT2D eigenvalue weighted by Gasteiger charge is -2.12. The van der Waals surface area contributed by atoms with Crippen LogP contribution < -0.4 is 0 Å². The standard InChI is InChI=1S/C44H76O6/c1-4-41(45)35-31-27-23-19-15-11-8-9-13-17-21-25-29-33-37-44(48)50-39-42(46)38-49-43(47)36-32-28-24-20-16-12-7-5-6-10-14-18-22-26-30-34-40(2)3/h9,11,13,15,21,23,25,27,31,35,40-42,45-46H,4-8,10,12,14,16-20,22,24,26,28-30,32-34,36-39H2,1-3H3/b13-9-,15-11-,25-21-,27-23-,35-31+/t41-,42-/m0/s1. The van der Waals surface area contributed by atoms with Gasteiger partial charge in [0.2, 0.25) is 0 Å². The van der Waals surface area contributed by atoms with Crippen LogP contribution >= 0.6 is 0 Å². The lowest BCUT2D eigenvalue weighted by Crippen LogP contribution is -2.25. The van der Waals surface area contributed by atoms with Gasteiger partial charge in [0.15, 0.2) is 0 Å². The summed E-state index contributed by atoms with van der Waals surface area (Å²) in [4.78, 5) is 23.9. The van der Waals surface area contributed by atoms with Crippen LogP contribution in [0.15, 0.2) is 60.8 Å². The SMILES string of the molecule is CC[C@H](O)/C=C/C=C\C/C=C\C/C=C\C/C=C\CCCC(=O)OC[C@@H](O)COC(=O)CCCCCCCCCCCCCCCCCC(C)C. The molecule has 0 saturated heterocycles. The molecule has 0 fully saturated rings. The van der Waals surface area contributed by atoms with Crippen molar-refractivity contribution in [1.82, 2.24) is 0 Å². The summed E-state index contributed by atoms with van der Waals surface area (Å²) in [6, 6.07) is 0. The van der Waals surface area contributed by atoms with Gasteiger partial charge in [0, 0.05) is 12.8 Å². The highest BCUT2D eigenvalue weighted by molar-refractivity contribution is 5.69. The molecule has 0 aromatic carbocycles. The van der Waals surface area contributed by atoms with E-state index in [-0.39, 0.29) is 31.3 Å². The van der Waals surface area contributed by atoms with Crippen molar-refractivity contribution in [2.24, 2.45) is 5.92 Å². The summed E-state index contributed by atoms with van der Waals surface area (Å²) < 4.78 is 10.3. The molecule has 6 heteroatoms. The van der Waals surface area contributed by atoms with Gasteiger partial charge in [0.25, 0.3) is 0 Å². The Morgan fingerprint density at radius 3 is 1.44 bits per heavy atom. The zero-order valence-corrected chi connectivity index (χ0v) is 32.4. The van der Waals surface area contributed by atoms with Crippen molar-refractivity contribution in [3.05, 3.63) is 60.8 Å². The molecular weight excluding hydrogens is 624 g/mol. The van der Waals surface area contributed by atoms with Gasteiger partial charge in [0.1, 0.15) is 19.3 Å². The molecular formula is C44H76O6. The average molecular weight is 701 g/mol. The monoisotopic (exact) mass is 701 g/mol. The Morgan fingerprint density at radius 2 is 0.960 bits per heavy atom. The number of unbranched alkanes of at least 4 members (excludes halogenated alkanes) is 15. The molecule has 0 spiro atoms. The Morgan fingerprint density at radius 1 is 0.540 bits per heavy atom. The number of rotatable bonds is 35. The fraction of sp³-hybridized carbons (Fsp3) is 0.727. The number of carbonyl (C=O) groups is 2. The summed E-state index contributed by atoms with van der Waals surface area (Å²) >= 11 is 0. The number of hydrogen-bond donors (Lipinski definition) is 2. The van der Waals surface area contributed by atoms with Crippen molar-refractivity contribution in [3.8, 4) is 0 Å². The van der Waals surface area contributed by atoms with Crippen molar-refractivity contribution < 1.29 is 29.3 Å². The van der Waals surface area contributed by atoms with Gasteiger partial charge >= 0.3 is 11.9 Å². The number of hydrogen-bond acceptors (Lipinski definition) is 6. The van der Waals surface area contributed by atoms with Crippen molar-refractivity contribution in [2.45, 2.75) is 187 Å². The number of aliphatic hydroxyl groups excluding tert-OH is 2. The third kappa shape index (κ3) is 38.4. The van der Waals surface area contributed by atoms with Crippen molar-refractivity contribution in [1.29, 1.82) is 0 Å². The van der Waals surface area contributed by atoms with E-state index >= 15 is 0 Å². The van der Waals surface area contributed by atoms with Gasteiger partial charge < -0.3 is 19.7 Å². The Balaban J connectivity index is 3.54. The Kier molecular flexibility index (Phi) is 36.0. The Hall–Kier alpha value is -2.44. The van der Waals surface area contributed by atoms with Gasteiger partial charge in [0.05, 0.1) is 6.10 Å². The van der Waals surface area contributed by atoms with Crippen molar-refractivity contribution >= 4 is 11.9 Å². The van der Waals surface area contributed by atoms with E-state index in [0.717, 1.165) is 57.3 Å². The maximum atomic E-state index is 12.0. The van der Waals surface area contributed by atoms with E-state index in [1.807, 2.05) is 19.1 Å². The van der Waals surface area contributed by atoms with Crippen LogP contribution in [0.25, 0.3) is 0 Å². The van der Waals surface area contributed by atoms with Crippen LogP contribution in [0, 0.1) is 5.92 Å². The van der Waals surface area contributed by atoms with E-state index in [9.17, 15) is 19.8 Å². The highest BCUT2D eigenvalue weighted by atomic mass is 16.6. The molecule has 288 valence electrons. The highest BCUT2D eigenvalue weighted by Gasteiger charge is 2.12. The van der Waals surface area contributed by atoms with Gasteiger partial charge in [-0.15, -0.1) is 0 Å². The van der Waals surface area contributed by atoms with E-state index in [1.165, 1.54) is 83.5 Å². The molecule has 0 radical (unpaired) electrons. The summed E-state index contributed by atoms with van der Waals surface area (Å²) in [6.45, 7) is 6.28. The molecule has 6 nitrogen and oxygen atoms in total. The molecule has 0 rings (SSSR count). The number of esters is 2. The number of aliphatic hydroxyl groups is 2. The van der Waals surface area contributed by atoms with Crippen LogP contribution in [0.2, 0.25) is 0 Å². The zero-order chi connectivity index (χ0) is 36.8. The molecule has 2 atom stereocenters. The Bertz CT molecular complexity index is 915. The minimum Gasteiger partial charge on any atom is -0.463 e. The van der Waals surface area contributed by atoms with Crippen LogP contribution in [0.4, 0.5) is 0 Å². The molecule has 0 aromatic heterocycles. The Labute approximate surface area is 307 Å². The van der Waals surface area contributed by atoms with Crippen LogP contribution in [0.3, 0.4) is 0 Å². The molecule has 0 saturated carbocycles. The van der Waals surface area contributed by atoms with E-state index in [2.05, 4.69) is 56.4 Å². The molecule has 0 unspecified atom stereocenters. The lowest BCUT2D eigenvalue weighted by molar-refractivity contribution is -0.152. The van der Waals surface area contributed by atoms with E-state index in [1.54, 1.807) is 6.08 Å². The summed E-state index contributed by atoms with van der Waals surface area (Å²) in [7, 11) is 0. The third-order valence-electron chi connectivity index (χ3n) is 8.60. The first-order valence-electron chi connectivity index (χ1n) is 20.3. The predicted molar refractivity (Wildman–Crippen MR) is 211 cm³/mol. The second kappa shape index (κ2) is 37.8. The molecule has 0 heterocycles. The lowest BCUT2D eigenvalue weighted by atomic mass is 10.0. The maximum absolute atomic E-state index is 12.0. The van der Waals surface area contributed by atoms with E-state index < -0.39 is 6.10 Å². The first-order valence-corrected chi connectivity index (χ1v) is 20.3. The van der Waals surface area contributed by atoms with Gasteiger partial charge in [-0.1, -0.05) is 178 Å². The van der Waals surface area contributed by atoms with Gasteiger partial charge in [-0.2, -0.15) is 0 Å². The highest BCUT2D eigenvalue weighted by Crippen LogP contribution is 2.15. The van der Waals surface area contributed by atoms with Gasteiger partial charge in [-0.3, -0.25) is 9.59 Å². The fourth-order valence-electron chi connectivity index (χ4n) is 5.38. The summed E-state index contributed by atoms with van der Waals surface area (Å²) in [5.74, 6) is 0.200. The molecule has 0 bridgehead atoms. The van der Waals surface area contributed by atoms with E-state index in [0.29, 0.717) is 19.3 Å². The van der Waals surface area contributed by atoms with Crippen LogP contribution in [-0.4, -0.2) is 47.6 Å². The van der Waals surface area contributed by atoms with Gasteiger partial charge in [-0.05, 0) is 50.9 Å². The smallest absolute Gasteiger partial charge is 0.305 e. The zero-order valence-electron chi connectivity index (χ0n) is 32.4. The largest absolute Gasteiger partial charge is 0.463 e. The summed E-state index contributed by atoms with van der Waals surface area (Å²) in [5.41, 5.74) is 0. The fourth-order valence-corrected chi connectivity index (χ4v) is 5.38. The molecule has 0 aliphatic carbocycles. The second-order valence-corrected chi connectivity index (χ2v) is 14.1. The average Bonchev–Trinajstić information content (AvgIpc) is 3.10. The van der Waals surface area contributed by atoms with Crippen molar-refractivity contribution in [3.63, 3.8) is 0 Å². The number of carbonyl (C=O) groups excluding carboxylic acids is 2. The summed E-state index contributed by atoms with van der Waals surface area (Å²) in [5, 5.41) is 19.4. The molecule has 2 N–H and O–H groups in total. The number of ether oxygens (including phenoxy) is 2. The van der Waals surface area contributed by atoms with Crippen molar-refractivity contribution in [2.75, 3.05) is 13.2 Å². The normalized spacial score (nSPS) is 13.6. The van der Waals surface area contributed by atoms with Gasteiger partial charge in [-0.25, -0.2) is 0 Å². The topological polar surface area (TPSA) is 93.1 Å². The molecule has 0 amide bonds. The third-order valence-corrected chi connectivity index (χ3v) is 8.60. The second-order valence-electron chi connectivity index (χ2n) is 14.1. The minimum atomic E-state index is -0.997. The summed E-state index contributed by atoms with van der Waals surface area (Å²) in [6.07, 6.45) is 45.2. The van der Waals surface area contributed by atoms with Crippen LogP contribution in [0.1, 0.15) is 175 Å². The van der Waals surface area contributed by atoms with E-state index in [4.69, 9.17) is 9.47 Å².